The van der Waals surface area contributed by atoms with E-state index in [1.165, 1.54) is 0 Å². The van der Waals surface area contributed by atoms with Crippen molar-refractivity contribution in [1.29, 1.82) is 0 Å². The maximum Gasteiger partial charge on any atom is 1.00 e. The summed E-state index contributed by atoms with van der Waals surface area (Å²) in [5.74, 6) is 3.08. The zero-order chi connectivity index (χ0) is 7.40. The molecule has 0 amide bonds. The second kappa shape index (κ2) is 4.85. The van der Waals surface area contributed by atoms with Crippen molar-refractivity contribution < 1.29 is 21.8 Å². The van der Waals surface area contributed by atoms with Crippen molar-refractivity contribution in [2.24, 2.45) is 0 Å². The van der Waals surface area contributed by atoms with Crippen LogP contribution in [-0.2, 0) is 17.1 Å². The van der Waals surface area contributed by atoms with Crippen LogP contribution < -0.4 is 4.74 Å². The molecule has 1 nitrogen and oxygen atoms in total. The van der Waals surface area contributed by atoms with Gasteiger partial charge >= 0.3 is 17.1 Å². The topological polar surface area (TPSA) is 9.23 Å². The first-order chi connectivity index (χ1) is 4.86. The van der Waals surface area contributed by atoms with Crippen LogP contribution in [0.25, 0.3) is 0 Å². The minimum absolute atomic E-state index is 0. The summed E-state index contributed by atoms with van der Waals surface area (Å²) >= 11 is 0. The number of ether oxygens (including phenoxy) is 1. The van der Waals surface area contributed by atoms with Crippen LogP contribution in [0.4, 0.5) is 0 Å². The summed E-state index contributed by atoms with van der Waals surface area (Å²) in [5, 5.41) is 0. The fourth-order valence-electron chi connectivity index (χ4n) is 0.674. The largest absolute Gasteiger partial charge is 1.00 e. The van der Waals surface area contributed by atoms with Gasteiger partial charge in [-0.15, -0.1) is 17.7 Å². The summed E-state index contributed by atoms with van der Waals surface area (Å²) in [6.45, 7) is 0. The first-order valence-electron chi connectivity index (χ1n) is 2.93. The molecule has 0 heterocycles. The molecule has 1 aromatic carbocycles. The Bertz CT molecular complexity index is 245. The van der Waals surface area contributed by atoms with Crippen molar-refractivity contribution in [3.8, 4) is 11.7 Å². The smallest absolute Gasteiger partial charge is 0.497 e. The van der Waals surface area contributed by atoms with Crippen LogP contribution in [0, 0.1) is 12.3 Å². The van der Waals surface area contributed by atoms with Gasteiger partial charge in [-0.3, -0.25) is 5.92 Å². The van der Waals surface area contributed by atoms with Gasteiger partial charge in [-0.1, -0.05) is 0 Å². The fourth-order valence-corrected chi connectivity index (χ4v) is 0.674. The van der Waals surface area contributed by atoms with E-state index in [9.17, 15) is 0 Å². The Hall–Kier alpha value is -0.901. The van der Waals surface area contributed by atoms with Crippen LogP contribution in [0.1, 0.15) is 5.56 Å². The molecule has 0 aliphatic heterocycles. The van der Waals surface area contributed by atoms with Crippen LogP contribution >= 0.6 is 0 Å². The van der Waals surface area contributed by atoms with E-state index in [0.29, 0.717) is 0 Å². The maximum atomic E-state index is 6.78. The molecule has 11 heavy (non-hydrogen) atoms. The molecule has 0 unspecified atom stereocenters. The molecule has 0 aliphatic carbocycles. The van der Waals surface area contributed by atoms with Gasteiger partial charge in [-0.2, -0.15) is 0 Å². The number of benzene rings is 1. The Morgan fingerprint density at radius 3 is 2.18 bits per heavy atom. The fraction of sp³-hybridized carbons (Fsp3) is 0.111. The van der Waals surface area contributed by atoms with Crippen molar-refractivity contribution in [1.82, 2.24) is 0 Å². The second-order valence-corrected chi connectivity index (χ2v) is 1.85. The molecule has 0 aliphatic rings. The predicted molar refractivity (Wildman–Crippen MR) is 39.2 cm³/mol. The number of rotatable bonds is 1. The molecule has 0 atom stereocenters. The first kappa shape index (κ1) is 10.1. The molecule has 0 radical (unpaired) electrons. The van der Waals surface area contributed by atoms with E-state index in [-0.39, 0.29) is 17.1 Å². The Morgan fingerprint density at radius 2 is 1.82 bits per heavy atom. The van der Waals surface area contributed by atoms with E-state index >= 15 is 0 Å². The van der Waals surface area contributed by atoms with Crippen LogP contribution in [0.3, 0.4) is 0 Å². The molecular formula is C9H7CuO. The van der Waals surface area contributed by atoms with E-state index in [1.54, 1.807) is 31.4 Å². The molecule has 0 N–H and O–H groups in total. The molecule has 0 saturated heterocycles. The third kappa shape index (κ3) is 2.67. The van der Waals surface area contributed by atoms with Gasteiger partial charge in [0.25, 0.3) is 0 Å². The standard InChI is InChI=1S/C9H7O.Cu/c1-3-8-4-6-9(10-2)7-5-8;/h4-7H,2H3;/q-1;+1. The van der Waals surface area contributed by atoms with Gasteiger partial charge in [0, 0.05) is 0 Å². The van der Waals surface area contributed by atoms with E-state index in [0.717, 1.165) is 11.3 Å². The first-order valence-corrected chi connectivity index (χ1v) is 2.93. The molecule has 0 spiro atoms. The zero-order valence-corrected chi connectivity index (χ0v) is 6.96. The van der Waals surface area contributed by atoms with Crippen LogP contribution in [0.5, 0.6) is 5.75 Å². The third-order valence-electron chi connectivity index (χ3n) is 1.23. The van der Waals surface area contributed by atoms with Gasteiger partial charge in [0.1, 0.15) is 5.75 Å². The minimum Gasteiger partial charge on any atom is -0.497 e. The second-order valence-electron chi connectivity index (χ2n) is 1.85. The SMILES string of the molecule is [C-]#Cc1ccc(OC)cc1.[Cu+]. The Kier molecular flexibility index (Phi) is 4.45. The summed E-state index contributed by atoms with van der Waals surface area (Å²) in [5.41, 5.74) is 0.765. The van der Waals surface area contributed by atoms with Crippen LogP contribution in [0.2, 0.25) is 0 Å². The van der Waals surface area contributed by atoms with Crippen LogP contribution in [0.15, 0.2) is 24.3 Å². The van der Waals surface area contributed by atoms with Crippen molar-refractivity contribution in [2.45, 2.75) is 0 Å². The Morgan fingerprint density at radius 1 is 1.27 bits per heavy atom. The van der Waals surface area contributed by atoms with E-state index in [2.05, 4.69) is 5.92 Å². The summed E-state index contributed by atoms with van der Waals surface area (Å²) in [6, 6.07) is 7.17. The molecule has 0 bridgehead atoms. The normalized spacial score (nSPS) is 7.64. The van der Waals surface area contributed by atoms with E-state index < -0.39 is 0 Å². The van der Waals surface area contributed by atoms with Crippen molar-refractivity contribution in [3.63, 3.8) is 0 Å². The summed E-state index contributed by atoms with van der Waals surface area (Å²) in [7, 11) is 1.61. The molecule has 1 aromatic rings. The third-order valence-corrected chi connectivity index (χ3v) is 1.23. The van der Waals surface area contributed by atoms with Gasteiger partial charge in [-0.25, -0.2) is 0 Å². The average molecular weight is 195 g/mol. The molecule has 1 rings (SSSR count). The molecule has 60 valence electrons. The molecule has 0 fully saturated rings. The maximum absolute atomic E-state index is 6.78. The van der Waals surface area contributed by atoms with Crippen molar-refractivity contribution in [2.75, 3.05) is 7.11 Å². The average Bonchev–Trinajstić information content (AvgIpc) is 2.05. The molecule has 2 heteroatoms. The Labute approximate surface area is 77.2 Å². The predicted octanol–water partition coefficient (Wildman–Crippen LogP) is 1.63. The zero-order valence-electron chi connectivity index (χ0n) is 6.02. The number of hydrogen-bond acceptors (Lipinski definition) is 1. The van der Waals surface area contributed by atoms with Gasteiger partial charge < -0.3 is 11.2 Å². The van der Waals surface area contributed by atoms with Crippen molar-refractivity contribution >= 4 is 0 Å². The van der Waals surface area contributed by atoms with Gasteiger partial charge in [0.15, 0.2) is 0 Å². The minimum atomic E-state index is 0. The molecule has 0 aromatic heterocycles. The van der Waals surface area contributed by atoms with E-state index in [1.807, 2.05) is 0 Å². The molecular weight excluding hydrogens is 188 g/mol. The van der Waals surface area contributed by atoms with Crippen LogP contribution in [-0.4, -0.2) is 7.11 Å². The monoisotopic (exact) mass is 194 g/mol. The quantitative estimate of drug-likeness (QED) is 0.375. The van der Waals surface area contributed by atoms with Gasteiger partial charge in [-0.05, 0) is 12.1 Å². The van der Waals surface area contributed by atoms with Gasteiger partial charge in [0.2, 0.25) is 0 Å². The molecule has 0 saturated carbocycles. The summed E-state index contributed by atoms with van der Waals surface area (Å²) < 4.78 is 4.92. The van der Waals surface area contributed by atoms with E-state index in [4.69, 9.17) is 11.2 Å². The summed E-state index contributed by atoms with van der Waals surface area (Å²) in [4.78, 5) is 0. The Balaban J connectivity index is 0.000001000. The summed E-state index contributed by atoms with van der Waals surface area (Å²) in [6.07, 6.45) is 6.78. The number of methoxy groups -OCH3 is 1. The van der Waals surface area contributed by atoms with Crippen molar-refractivity contribution in [3.05, 3.63) is 36.3 Å². The van der Waals surface area contributed by atoms with Gasteiger partial charge in [0.05, 0.1) is 7.11 Å². The number of hydrogen-bond donors (Lipinski definition) is 0.